The van der Waals surface area contributed by atoms with Gasteiger partial charge in [0, 0.05) is 55.7 Å². The summed E-state index contributed by atoms with van der Waals surface area (Å²) in [6.45, 7) is 13.5. The van der Waals surface area contributed by atoms with Crippen LogP contribution in [0.3, 0.4) is 0 Å². The fourth-order valence-corrected chi connectivity index (χ4v) is 9.08. The van der Waals surface area contributed by atoms with Crippen molar-refractivity contribution in [3.05, 3.63) is 193 Å². The van der Waals surface area contributed by atoms with Crippen LogP contribution in [0.25, 0.3) is 65.4 Å². The van der Waals surface area contributed by atoms with Gasteiger partial charge >= 0.3 is 0 Å². The highest BCUT2D eigenvalue weighted by Gasteiger charge is 2.21. The minimum atomic E-state index is 0.0779. The van der Waals surface area contributed by atoms with Gasteiger partial charge in [-0.1, -0.05) is 114 Å². The van der Waals surface area contributed by atoms with E-state index < -0.39 is 0 Å². The third kappa shape index (κ3) is 6.46. The van der Waals surface area contributed by atoms with Crippen LogP contribution in [0.2, 0.25) is 0 Å². The van der Waals surface area contributed by atoms with Crippen molar-refractivity contribution in [1.29, 1.82) is 0 Å². The Labute approximate surface area is 362 Å². The van der Waals surface area contributed by atoms with Crippen molar-refractivity contribution in [1.82, 2.24) is 0 Å². The lowest BCUT2D eigenvalue weighted by molar-refractivity contribution is 0.590. The second-order valence-corrected chi connectivity index (χ2v) is 18.7. The van der Waals surface area contributed by atoms with E-state index in [9.17, 15) is 0 Å². The van der Waals surface area contributed by atoms with Gasteiger partial charge in [0.2, 0.25) is 0 Å². The van der Waals surface area contributed by atoms with Gasteiger partial charge < -0.3 is 18.6 Å². The molecule has 0 aliphatic carbocycles. The van der Waals surface area contributed by atoms with Gasteiger partial charge in [0.1, 0.15) is 11.2 Å². The molecule has 0 bridgehead atoms. The van der Waals surface area contributed by atoms with Crippen molar-refractivity contribution >= 4 is 99.5 Å². The molecular weight excluding hydrogens is 757 g/mol. The van der Waals surface area contributed by atoms with Crippen LogP contribution in [0.4, 0.5) is 34.1 Å². The molecule has 62 heavy (non-hydrogen) atoms. The Bertz CT molecular complexity index is 3220. The average Bonchev–Trinajstić information content (AvgIpc) is 3.83. The predicted octanol–water partition coefficient (Wildman–Crippen LogP) is 17.3. The number of para-hydroxylation sites is 2. The Morgan fingerprint density at radius 1 is 0.306 bits per heavy atom. The molecule has 0 spiro atoms. The molecule has 0 N–H and O–H groups in total. The molecule has 302 valence electrons. The van der Waals surface area contributed by atoms with Gasteiger partial charge in [0.15, 0.2) is 11.2 Å². The van der Waals surface area contributed by atoms with Crippen LogP contribution in [0.5, 0.6) is 0 Å². The van der Waals surface area contributed by atoms with Crippen LogP contribution in [0.1, 0.15) is 52.7 Å². The summed E-state index contributed by atoms with van der Waals surface area (Å²) in [4.78, 5) is 4.64. The Kier molecular flexibility index (Phi) is 8.59. The normalized spacial score (nSPS) is 12.4. The van der Waals surface area contributed by atoms with E-state index in [0.29, 0.717) is 0 Å². The van der Waals surface area contributed by atoms with Gasteiger partial charge in [-0.2, -0.15) is 0 Å². The van der Waals surface area contributed by atoms with E-state index in [1.807, 2.05) is 0 Å². The highest BCUT2D eigenvalue weighted by Crippen LogP contribution is 2.44. The molecule has 0 radical (unpaired) electrons. The van der Waals surface area contributed by atoms with E-state index in [1.165, 1.54) is 11.1 Å². The smallest absolute Gasteiger partial charge is 0.178 e. The molecule has 2 aromatic heterocycles. The lowest BCUT2D eigenvalue weighted by Crippen LogP contribution is -2.13. The monoisotopic (exact) mass is 804 g/mol. The van der Waals surface area contributed by atoms with Crippen molar-refractivity contribution in [2.75, 3.05) is 9.80 Å². The minimum absolute atomic E-state index is 0.0779. The van der Waals surface area contributed by atoms with Gasteiger partial charge in [0.25, 0.3) is 0 Å². The van der Waals surface area contributed by atoms with Crippen molar-refractivity contribution in [3.63, 3.8) is 0 Å². The lowest BCUT2D eigenvalue weighted by atomic mass is 9.87. The Morgan fingerprint density at radius 2 is 0.661 bits per heavy atom. The molecule has 0 aliphatic rings. The summed E-state index contributed by atoms with van der Waals surface area (Å²) in [5, 5.41) is 8.77. The number of nitrogens with zero attached hydrogens (tertiary/aromatic N) is 2. The first-order valence-electron chi connectivity index (χ1n) is 21.6. The van der Waals surface area contributed by atoms with Gasteiger partial charge in [0.05, 0.1) is 0 Å². The van der Waals surface area contributed by atoms with E-state index in [4.69, 9.17) is 8.83 Å². The van der Waals surface area contributed by atoms with Gasteiger partial charge in [-0.05, 0) is 153 Å². The van der Waals surface area contributed by atoms with Crippen LogP contribution < -0.4 is 9.80 Å². The number of hydrogen-bond acceptors (Lipinski definition) is 4. The molecule has 0 amide bonds. The van der Waals surface area contributed by atoms with Gasteiger partial charge in [-0.3, -0.25) is 0 Å². The average molecular weight is 805 g/mol. The van der Waals surface area contributed by atoms with E-state index in [-0.39, 0.29) is 10.8 Å². The zero-order valence-corrected chi connectivity index (χ0v) is 36.0. The van der Waals surface area contributed by atoms with E-state index in [0.717, 1.165) is 99.5 Å². The number of benzene rings is 9. The standard InChI is InChI=1S/C58H48N2O2/c1-57(2,3)41-19-25-45(26-20-41)59(43-13-9-7-10-14-43)47-23-17-37-33-51-49-29-30-50-52-34-38-18-24-48(32-40(38)36-54(52)62-56(50)55(49)61-53(51)35-39(37)31-47)60(44-15-11-8-12-16-44)46-27-21-42(22-28-46)58(4,5)6/h7-36H,1-6H3. The molecule has 0 atom stereocenters. The molecule has 0 unspecified atom stereocenters. The predicted molar refractivity (Wildman–Crippen MR) is 263 cm³/mol. The van der Waals surface area contributed by atoms with Crippen LogP contribution in [0, 0.1) is 0 Å². The maximum atomic E-state index is 6.78. The summed E-state index contributed by atoms with van der Waals surface area (Å²) in [6, 6.07) is 65.7. The maximum absolute atomic E-state index is 6.78. The largest absolute Gasteiger partial charge is 0.452 e. The number of anilines is 6. The zero-order valence-electron chi connectivity index (χ0n) is 36.0. The van der Waals surface area contributed by atoms with Crippen molar-refractivity contribution in [2.24, 2.45) is 0 Å². The molecule has 0 aliphatic heterocycles. The first kappa shape index (κ1) is 37.7. The molecule has 11 rings (SSSR count). The van der Waals surface area contributed by atoms with Crippen molar-refractivity contribution < 1.29 is 8.83 Å². The van der Waals surface area contributed by atoms with Crippen LogP contribution in [-0.2, 0) is 10.8 Å². The summed E-state index contributed by atoms with van der Waals surface area (Å²) in [6.07, 6.45) is 0. The number of rotatable bonds is 6. The molecule has 2 heterocycles. The first-order chi connectivity index (χ1) is 30.0. The van der Waals surface area contributed by atoms with Crippen molar-refractivity contribution in [2.45, 2.75) is 52.4 Å². The minimum Gasteiger partial charge on any atom is -0.452 e. The summed E-state index contributed by atoms with van der Waals surface area (Å²) in [5.41, 5.74) is 12.6. The third-order valence-corrected chi connectivity index (χ3v) is 12.5. The van der Waals surface area contributed by atoms with Crippen LogP contribution in [0.15, 0.2) is 191 Å². The molecule has 11 aromatic rings. The van der Waals surface area contributed by atoms with Crippen molar-refractivity contribution in [3.8, 4) is 0 Å². The summed E-state index contributed by atoms with van der Waals surface area (Å²) < 4.78 is 13.6. The van der Waals surface area contributed by atoms with Gasteiger partial charge in [-0.25, -0.2) is 0 Å². The highest BCUT2D eigenvalue weighted by atomic mass is 16.4. The molecule has 0 saturated heterocycles. The zero-order chi connectivity index (χ0) is 42.3. The second-order valence-electron chi connectivity index (χ2n) is 18.7. The molecular formula is C58H48N2O2. The molecule has 4 heteroatoms. The lowest BCUT2D eigenvalue weighted by Gasteiger charge is -2.27. The summed E-state index contributed by atoms with van der Waals surface area (Å²) >= 11 is 0. The number of hydrogen-bond donors (Lipinski definition) is 0. The van der Waals surface area contributed by atoms with E-state index in [2.05, 4.69) is 233 Å². The van der Waals surface area contributed by atoms with E-state index in [1.54, 1.807) is 0 Å². The highest BCUT2D eigenvalue weighted by molar-refractivity contribution is 6.21. The SMILES string of the molecule is CC(C)(C)c1ccc(N(c2ccccc2)c2ccc3cc4c(cc3c2)oc2c4ccc3c4cc5ccc(N(c6ccccc6)c6ccc(C(C)(C)C)cc6)cc5cc4oc32)cc1. The van der Waals surface area contributed by atoms with Gasteiger partial charge in [-0.15, -0.1) is 0 Å². The fraction of sp³-hybridized carbons (Fsp3) is 0.138. The topological polar surface area (TPSA) is 32.8 Å². The second kappa shape index (κ2) is 14.1. The third-order valence-electron chi connectivity index (χ3n) is 12.5. The molecule has 0 fully saturated rings. The van der Waals surface area contributed by atoms with Crippen LogP contribution >= 0.6 is 0 Å². The number of fused-ring (bicyclic) bond motifs is 9. The van der Waals surface area contributed by atoms with Crippen LogP contribution in [-0.4, -0.2) is 0 Å². The summed E-state index contributed by atoms with van der Waals surface area (Å²) in [7, 11) is 0. The Balaban J connectivity index is 1.000. The molecule has 9 aromatic carbocycles. The van der Waals surface area contributed by atoms with E-state index >= 15 is 0 Å². The Hall–Kier alpha value is -7.30. The Morgan fingerprint density at radius 3 is 1.03 bits per heavy atom. The first-order valence-corrected chi connectivity index (χ1v) is 21.6. The molecule has 0 saturated carbocycles. The quantitative estimate of drug-likeness (QED) is 0.168. The number of furan rings is 2. The summed E-state index contributed by atoms with van der Waals surface area (Å²) in [5.74, 6) is 0. The fourth-order valence-electron chi connectivity index (χ4n) is 9.08. The maximum Gasteiger partial charge on any atom is 0.178 e. The molecule has 4 nitrogen and oxygen atoms in total.